The number of aliphatic carboxylic acids is 1. The molecule has 7 atom stereocenters. The maximum absolute atomic E-state index is 13.5. The number of hydrogen-bond acceptors (Lipinski definition) is 5. The highest BCUT2D eigenvalue weighted by Gasteiger charge is 2.78. The Morgan fingerprint density at radius 1 is 1.38 bits per heavy atom. The molecule has 4 aliphatic heterocycles. The van der Waals surface area contributed by atoms with Crippen LogP contribution in [0.25, 0.3) is 0 Å². The van der Waals surface area contributed by atoms with Gasteiger partial charge in [0.15, 0.2) is 0 Å². The molecule has 0 saturated carbocycles. The number of carbonyl (C=O) groups excluding carboxylic acids is 2. The van der Waals surface area contributed by atoms with E-state index >= 15 is 0 Å². The minimum Gasteiger partial charge on any atom is -0.481 e. The van der Waals surface area contributed by atoms with E-state index in [9.17, 15) is 19.5 Å². The molecule has 7 heteroatoms. The van der Waals surface area contributed by atoms with Gasteiger partial charge in [-0.2, -0.15) is 0 Å². The van der Waals surface area contributed by atoms with Crippen LogP contribution in [0.4, 0.5) is 0 Å². The number of furan rings is 1. The van der Waals surface area contributed by atoms with Gasteiger partial charge in [-0.3, -0.25) is 14.4 Å². The van der Waals surface area contributed by atoms with Gasteiger partial charge in [0, 0.05) is 12.3 Å². The fourth-order valence-electron chi connectivity index (χ4n) is 5.54. The Kier molecular flexibility index (Phi) is 2.83. The van der Waals surface area contributed by atoms with Crippen LogP contribution in [0, 0.1) is 17.3 Å². The lowest BCUT2D eigenvalue weighted by molar-refractivity contribution is -0.159. The van der Waals surface area contributed by atoms with E-state index < -0.39 is 47.0 Å². The lowest BCUT2D eigenvalue weighted by Crippen LogP contribution is -2.55. The van der Waals surface area contributed by atoms with Crippen molar-refractivity contribution in [3.8, 4) is 0 Å². The molecule has 0 unspecified atom stereocenters. The van der Waals surface area contributed by atoms with Crippen molar-refractivity contribution in [3.05, 3.63) is 36.3 Å². The highest BCUT2D eigenvalue weighted by atomic mass is 16.5. The maximum Gasteiger partial charge on any atom is 0.313 e. The number of rotatable bonds is 2. The number of piperidine rings is 1. The zero-order valence-corrected chi connectivity index (χ0v) is 14.4. The molecule has 4 aliphatic rings. The van der Waals surface area contributed by atoms with E-state index in [-0.39, 0.29) is 18.1 Å². The summed E-state index contributed by atoms with van der Waals surface area (Å²) in [7, 11) is 0. The van der Waals surface area contributed by atoms with Crippen molar-refractivity contribution < 1.29 is 28.6 Å². The lowest BCUT2D eigenvalue weighted by atomic mass is 9.64. The Morgan fingerprint density at radius 3 is 2.81 bits per heavy atom. The Balaban J connectivity index is 1.70. The van der Waals surface area contributed by atoms with Crippen LogP contribution in [0.5, 0.6) is 0 Å². The zero-order chi connectivity index (χ0) is 18.4. The van der Waals surface area contributed by atoms with E-state index in [4.69, 9.17) is 9.15 Å². The number of hydrogen-bond donors (Lipinski definition) is 1. The molecule has 1 spiro atoms. The van der Waals surface area contributed by atoms with Gasteiger partial charge < -0.3 is 19.2 Å². The molecule has 0 aliphatic carbocycles. The molecule has 1 N–H and O–H groups in total. The van der Waals surface area contributed by atoms with E-state index in [0.29, 0.717) is 5.76 Å². The number of nitrogens with zero attached hydrogens (tertiary/aromatic N) is 1. The van der Waals surface area contributed by atoms with Crippen LogP contribution in [0.15, 0.2) is 35.0 Å². The van der Waals surface area contributed by atoms with Gasteiger partial charge in [-0.15, -0.1) is 0 Å². The molecular weight excluding hydrogens is 338 g/mol. The van der Waals surface area contributed by atoms with Crippen molar-refractivity contribution in [2.24, 2.45) is 17.3 Å². The summed E-state index contributed by atoms with van der Waals surface area (Å²) in [4.78, 5) is 40.0. The minimum absolute atomic E-state index is 0.0276. The zero-order valence-electron chi connectivity index (χ0n) is 14.4. The lowest BCUT2D eigenvalue weighted by Gasteiger charge is -2.43. The fraction of sp³-hybridized carbons (Fsp3) is 0.526. The van der Waals surface area contributed by atoms with Crippen molar-refractivity contribution in [3.63, 3.8) is 0 Å². The quantitative estimate of drug-likeness (QED) is 0.807. The third-order valence-corrected chi connectivity index (χ3v) is 6.81. The molecule has 1 aromatic rings. The molecule has 136 valence electrons. The summed E-state index contributed by atoms with van der Waals surface area (Å²) in [6.45, 7) is 3.37. The topological polar surface area (TPSA) is 97.0 Å². The van der Waals surface area contributed by atoms with Crippen molar-refractivity contribution in [2.75, 3.05) is 0 Å². The van der Waals surface area contributed by atoms with Crippen molar-refractivity contribution in [1.29, 1.82) is 0 Å². The second kappa shape index (κ2) is 4.65. The molecule has 26 heavy (non-hydrogen) atoms. The molecule has 3 fully saturated rings. The number of fused-ring (bicyclic) bond motifs is 2. The predicted octanol–water partition coefficient (Wildman–Crippen LogP) is 1.55. The molecule has 7 nitrogen and oxygen atoms in total. The summed E-state index contributed by atoms with van der Waals surface area (Å²) in [6.07, 6.45) is 4.55. The first-order valence-corrected chi connectivity index (χ1v) is 8.81. The minimum atomic E-state index is -1.35. The number of Topliss-reactive ketones (excluding diaryl/α,β-unsaturated/α-hetero) is 1. The summed E-state index contributed by atoms with van der Waals surface area (Å²) in [5, 5.41) is 9.89. The molecule has 1 amide bonds. The third-order valence-electron chi connectivity index (χ3n) is 6.81. The molecule has 1 aromatic heterocycles. The highest BCUT2D eigenvalue weighted by molar-refractivity contribution is 5.96. The van der Waals surface area contributed by atoms with Crippen molar-refractivity contribution >= 4 is 17.7 Å². The van der Waals surface area contributed by atoms with E-state index in [1.165, 1.54) is 6.26 Å². The van der Waals surface area contributed by atoms with Gasteiger partial charge in [-0.05, 0) is 19.1 Å². The smallest absolute Gasteiger partial charge is 0.313 e. The first-order valence-electron chi connectivity index (χ1n) is 8.81. The summed E-state index contributed by atoms with van der Waals surface area (Å²) in [5.74, 6) is -2.05. The summed E-state index contributed by atoms with van der Waals surface area (Å²) < 4.78 is 11.6. The van der Waals surface area contributed by atoms with E-state index in [2.05, 4.69) is 0 Å². The molecule has 0 radical (unpaired) electrons. The SMILES string of the molecule is C[C@@H]1C(=O)C[C@@H](c2ccco2)N2C(=O)[C@@H]3[C@]4(C=C[C@H](O4)[C@]3(C)C(=O)O)[C@@H]12. The van der Waals surface area contributed by atoms with Crippen molar-refractivity contribution in [2.45, 2.75) is 44.1 Å². The van der Waals surface area contributed by atoms with Gasteiger partial charge in [0.2, 0.25) is 5.91 Å². The number of carboxylic acids is 1. The van der Waals surface area contributed by atoms with Gasteiger partial charge in [0.25, 0.3) is 0 Å². The van der Waals surface area contributed by atoms with Crippen LogP contribution in [0.3, 0.4) is 0 Å². The van der Waals surface area contributed by atoms with Gasteiger partial charge in [-0.25, -0.2) is 0 Å². The second-order valence-electron chi connectivity index (χ2n) is 7.95. The highest BCUT2D eigenvalue weighted by Crippen LogP contribution is 2.64. The molecule has 2 bridgehead atoms. The molecule has 3 saturated heterocycles. The van der Waals surface area contributed by atoms with Gasteiger partial charge in [0.05, 0.1) is 30.4 Å². The molecule has 5 heterocycles. The number of ketones is 1. The first-order chi connectivity index (χ1) is 12.3. The number of carbonyl (C=O) groups is 3. The van der Waals surface area contributed by atoms with Crippen molar-refractivity contribution in [1.82, 2.24) is 4.90 Å². The Morgan fingerprint density at radius 2 is 2.15 bits per heavy atom. The number of ether oxygens (including phenoxy) is 1. The Bertz CT molecular complexity index is 859. The van der Waals surface area contributed by atoms with Crippen LogP contribution in [0.2, 0.25) is 0 Å². The normalized spacial score (nSPS) is 45.9. The predicted molar refractivity (Wildman–Crippen MR) is 86.8 cm³/mol. The van der Waals surface area contributed by atoms with Crippen LogP contribution < -0.4 is 0 Å². The van der Waals surface area contributed by atoms with Crippen LogP contribution >= 0.6 is 0 Å². The van der Waals surface area contributed by atoms with Gasteiger partial charge in [0.1, 0.15) is 22.6 Å². The first kappa shape index (κ1) is 15.8. The Labute approximate surface area is 149 Å². The average Bonchev–Trinajstić information content (AvgIpc) is 3.33. The second-order valence-corrected chi connectivity index (χ2v) is 7.95. The third kappa shape index (κ3) is 1.52. The standard InChI is InChI=1S/C19H19NO6/c1-9-11(21)8-10(12-4-3-7-25-12)20-15(9)19-6-5-13(26-19)18(2,17(23)24)14(19)16(20)22/h3-7,9-10,13-15H,8H2,1-2H3,(H,23,24)/t9-,10+,13+,14+,15-,18+,19-/m1/s1. The molecule has 5 rings (SSSR count). The monoisotopic (exact) mass is 357 g/mol. The van der Waals surface area contributed by atoms with E-state index in [1.54, 1.807) is 37.0 Å². The van der Waals surface area contributed by atoms with E-state index in [1.807, 2.05) is 6.08 Å². The largest absolute Gasteiger partial charge is 0.481 e. The summed E-state index contributed by atoms with van der Waals surface area (Å²) in [6, 6.07) is 2.41. The average molecular weight is 357 g/mol. The van der Waals surface area contributed by atoms with Crippen LogP contribution in [0.1, 0.15) is 32.1 Å². The van der Waals surface area contributed by atoms with Gasteiger partial charge in [-0.1, -0.05) is 19.1 Å². The molecule has 0 aromatic carbocycles. The van der Waals surface area contributed by atoms with Gasteiger partial charge >= 0.3 is 5.97 Å². The Hall–Kier alpha value is -2.41. The van der Waals surface area contributed by atoms with Crippen LogP contribution in [-0.4, -0.2) is 45.4 Å². The maximum atomic E-state index is 13.5. The summed E-state index contributed by atoms with van der Waals surface area (Å²) in [5.41, 5.74) is -2.42. The number of carboxylic acid groups (broad SMARTS) is 1. The molecular formula is C19H19NO6. The van der Waals surface area contributed by atoms with E-state index in [0.717, 1.165) is 0 Å². The summed E-state index contributed by atoms with van der Waals surface area (Å²) >= 11 is 0. The fourth-order valence-corrected chi connectivity index (χ4v) is 5.54. The van der Waals surface area contributed by atoms with Crippen LogP contribution in [-0.2, 0) is 19.1 Å². The number of amides is 1.